The number of carbonyl (C=O) groups is 5. The van der Waals surface area contributed by atoms with Gasteiger partial charge in [-0.2, -0.15) is 15.2 Å². The van der Waals surface area contributed by atoms with E-state index in [1.807, 2.05) is 13.0 Å². The van der Waals surface area contributed by atoms with Crippen LogP contribution in [0.4, 0.5) is 21.1 Å². The smallest absolute Gasteiger partial charge is 0.339 e. The minimum absolute atomic E-state index is 0.0391. The number of urea groups is 1. The van der Waals surface area contributed by atoms with Crippen LogP contribution in [-0.2, 0) is 41.7 Å². The van der Waals surface area contributed by atoms with Crippen molar-refractivity contribution in [3.05, 3.63) is 50.8 Å². The van der Waals surface area contributed by atoms with Crippen molar-refractivity contribution in [3.63, 3.8) is 0 Å². The number of benzene rings is 1. The highest BCUT2D eigenvalue weighted by molar-refractivity contribution is 5.98. The molecule has 25 nitrogen and oxygen atoms in total. The van der Waals surface area contributed by atoms with Crippen molar-refractivity contribution in [1.82, 2.24) is 40.4 Å². The third-order valence-electron chi connectivity index (χ3n) is 8.84. The van der Waals surface area contributed by atoms with Gasteiger partial charge in [0.25, 0.3) is 0 Å². The Labute approximate surface area is 362 Å². The summed E-state index contributed by atoms with van der Waals surface area (Å²) in [5, 5.41) is 25.9. The third-order valence-corrected chi connectivity index (χ3v) is 8.84. The number of hydrogen-bond acceptors (Lipinski definition) is 15. The molecule has 9 N–H and O–H groups in total. The van der Waals surface area contributed by atoms with Gasteiger partial charge in [-0.05, 0) is 48.4 Å². The fraction of sp³-hybridized carbons (Fsp3) is 0.553. The lowest BCUT2D eigenvalue weighted by molar-refractivity contribution is -0.134. The van der Waals surface area contributed by atoms with Crippen molar-refractivity contribution in [2.45, 2.75) is 71.6 Å². The molecule has 63 heavy (non-hydrogen) atoms. The molecule has 0 saturated carbocycles. The van der Waals surface area contributed by atoms with Crippen LogP contribution in [0.1, 0.15) is 52.0 Å². The summed E-state index contributed by atoms with van der Waals surface area (Å²) in [7, 11) is 0. The molecular weight excluding hydrogens is 827 g/mol. The quantitative estimate of drug-likeness (QED) is 0.0232. The maximum absolute atomic E-state index is 13.6. The van der Waals surface area contributed by atoms with E-state index >= 15 is 0 Å². The van der Waals surface area contributed by atoms with Gasteiger partial charge < -0.3 is 57.0 Å². The number of nitrogens with one attached hydrogen (secondary N) is 5. The van der Waals surface area contributed by atoms with Gasteiger partial charge in [-0.1, -0.05) is 44.4 Å². The van der Waals surface area contributed by atoms with E-state index in [2.05, 4.69) is 46.6 Å². The van der Waals surface area contributed by atoms with Gasteiger partial charge in [-0.3, -0.25) is 19.0 Å². The summed E-state index contributed by atoms with van der Waals surface area (Å²) in [6.45, 7) is 6.36. The number of amides is 6. The number of azide groups is 1. The molecule has 0 spiro atoms. The van der Waals surface area contributed by atoms with E-state index in [4.69, 9.17) is 35.9 Å². The van der Waals surface area contributed by atoms with Crippen LogP contribution in [0.15, 0.2) is 34.2 Å². The van der Waals surface area contributed by atoms with Crippen LogP contribution >= 0.6 is 0 Å². The normalized spacial score (nSPS) is 11.8. The van der Waals surface area contributed by atoms with Gasteiger partial charge in [0.2, 0.25) is 17.7 Å². The van der Waals surface area contributed by atoms with E-state index in [-0.39, 0.29) is 101 Å². The lowest BCUT2D eigenvalue weighted by Gasteiger charge is -2.25. The van der Waals surface area contributed by atoms with E-state index in [1.54, 1.807) is 38.1 Å². The largest absolute Gasteiger partial charge is 0.463 e. The number of anilines is 2. The number of rotatable bonds is 28. The Morgan fingerprint density at radius 2 is 1.65 bits per heavy atom. The van der Waals surface area contributed by atoms with Gasteiger partial charge in [0.15, 0.2) is 11.5 Å². The van der Waals surface area contributed by atoms with E-state index in [9.17, 15) is 34.0 Å². The number of nitrogens with two attached hydrogens (primary N) is 2. The van der Waals surface area contributed by atoms with Gasteiger partial charge >= 0.3 is 23.8 Å². The van der Waals surface area contributed by atoms with E-state index < -0.39 is 54.1 Å². The van der Waals surface area contributed by atoms with E-state index in [0.29, 0.717) is 17.9 Å². The van der Waals surface area contributed by atoms with Crippen LogP contribution in [0.2, 0.25) is 0 Å². The minimum atomic E-state index is -1.10. The van der Waals surface area contributed by atoms with Crippen molar-refractivity contribution in [2.24, 2.45) is 16.8 Å². The van der Waals surface area contributed by atoms with Crippen LogP contribution in [0.3, 0.4) is 0 Å². The highest BCUT2D eigenvalue weighted by Gasteiger charge is 2.29. The number of unbranched alkanes of at least 4 members (excludes halogenated alkanes) is 1. The van der Waals surface area contributed by atoms with Crippen LogP contribution in [0, 0.1) is 17.2 Å². The van der Waals surface area contributed by atoms with Crippen molar-refractivity contribution < 1.29 is 42.9 Å². The number of carbonyl (C=O) groups excluding carboxylic acids is 5. The number of imidazole rings is 1. The Bertz CT molecular complexity index is 2150. The van der Waals surface area contributed by atoms with Crippen molar-refractivity contribution >= 4 is 52.5 Å². The fourth-order valence-corrected chi connectivity index (χ4v) is 5.67. The maximum Gasteiger partial charge on any atom is 0.339 e. The Morgan fingerprint density at radius 3 is 2.30 bits per heavy atom. The molecule has 25 heteroatoms. The zero-order valence-electron chi connectivity index (χ0n) is 35.5. The minimum Gasteiger partial charge on any atom is -0.463 e. The van der Waals surface area contributed by atoms with Crippen molar-refractivity contribution in [2.75, 3.05) is 70.4 Å². The summed E-state index contributed by atoms with van der Waals surface area (Å²) < 4.78 is 23.2. The van der Waals surface area contributed by atoms with Crippen LogP contribution in [-0.4, -0.2) is 120 Å². The molecule has 0 aliphatic carbocycles. The summed E-state index contributed by atoms with van der Waals surface area (Å²) >= 11 is 0. The average molecular weight is 882 g/mol. The second-order valence-corrected chi connectivity index (χ2v) is 14.0. The van der Waals surface area contributed by atoms with Gasteiger partial charge in [0, 0.05) is 30.2 Å². The predicted octanol–water partition coefficient (Wildman–Crippen LogP) is 1.01. The standard InChI is InChI=1S/C38H55N15O10/c1-4-5-16-63-36-49-31(40)30-32(50-36)52(15-12-39)38(59)53(30)37(58)44-22-25-8-10-26(11-9-25)46-33(55)27(7-6-13-43-35(41)57)47-34(56)29(24(2)3)48-28(54)23-62-21-20-61-19-18-60-17-14-45-51-42/h8-11,24,27,29H,4-7,13-23H2,1-3H3,(H,44,58)(H,46,55)(H,47,56)(H,48,54)(H2,40,49,50)(H3,41,43,57)/t27-,29-/m0/s1. The first-order valence-electron chi connectivity index (χ1n) is 20.1. The third kappa shape index (κ3) is 16.8. The summed E-state index contributed by atoms with van der Waals surface area (Å²) in [5.74, 6) is -2.35. The molecular formula is C38H55N15O10. The molecule has 1 aromatic carbocycles. The van der Waals surface area contributed by atoms with E-state index in [0.717, 1.165) is 22.0 Å². The summed E-state index contributed by atoms with van der Waals surface area (Å²) in [4.78, 5) is 88.5. The second kappa shape index (κ2) is 27.1. The van der Waals surface area contributed by atoms with Crippen molar-refractivity contribution in [3.8, 4) is 12.1 Å². The average Bonchev–Trinajstić information content (AvgIpc) is 3.53. The summed E-state index contributed by atoms with van der Waals surface area (Å²) in [6, 6.07) is 4.40. The van der Waals surface area contributed by atoms with E-state index in [1.165, 1.54) is 0 Å². The maximum atomic E-state index is 13.6. The highest BCUT2D eigenvalue weighted by Crippen LogP contribution is 2.21. The Morgan fingerprint density at radius 1 is 0.952 bits per heavy atom. The van der Waals surface area contributed by atoms with Gasteiger partial charge in [0.1, 0.15) is 30.8 Å². The Hall–Kier alpha value is -7.00. The zero-order chi connectivity index (χ0) is 46.1. The molecule has 0 radical (unpaired) electrons. The molecule has 0 bridgehead atoms. The number of ether oxygens (including phenoxy) is 4. The number of primary amides is 1. The molecule has 342 valence electrons. The van der Waals surface area contributed by atoms with Crippen molar-refractivity contribution in [1.29, 1.82) is 5.26 Å². The Kier molecular flexibility index (Phi) is 21.6. The first-order chi connectivity index (χ1) is 30.3. The lowest BCUT2D eigenvalue weighted by Crippen LogP contribution is -2.55. The fourth-order valence-electron chi connectivity index (χ4n) is 5.67. The lowest BCUT2D eigenvalue weighted by atomic mass is 10.0. The SMILES string of the molecule is CCCCOc1nc(N)c2c(n1)n(CC#N)c(=O)n2C(=O)NCc1ccc(NC(=O)[C@H](CCCNC(N)=O)NC(=O)[C@@H](NC(=O)COCCOCCOCCN=[N+]=[N-])C(C)C)cc1. The highest BCUT2D eigenvalue weighted by atomic mass is 16.5. The molecule has 0 saturated heterocycles. The number of nitriles is 1. The molecule has 3 rings (SSSR count). The molecule has 2 aromatic heterocycles. The molecule has 0 aliphatic rings. The van der Waals surface area contributed by atoms with Gasteiger partial charge in [-0.25, -0.2) is 19.0 Å². The molecule has 2 heterocycles. The Balaban J connectivity index is 1.61. The molecule has 0 fully saturated rings. The first-order valence-corrected chi connectivity index (χ1v) is 20.1. The monoisotopic (exact) mass is 881 g/mol. The van der Waals surface area contributed by atoms with Crippen LogP contribution in [0.5, 0.6) is 6.01 Å². The molecule has 3 aromatic rings. The number of hydrogen-bond donors (Lipinski definition) is 7. The zero-order valence-corrected chi connectivity index (χ0v) is 35.5. The first kappa shape index (κ1) is 50.4. The number of fused-ring (bicyclic) bond motifs is 1. The topological polar surface area (TPSA) is 360 Å². The van der Waals surface area contributed by atoms with Gasteiger partial charge in [0.05, 0.1) is 45.7 Å². The number of nitrogens with zero attached hydrogens (tertiary/aromatic N) is 8. The molecule has 0 aliphatic heterocycles. The molecule has 6 amide bonds. The molecule has 0 unspecified atom stereocenters. The van der Waals surface area contributed by atoms with Crippen LogP contribution < -0.4 is 48.5 Å². The predicted molar refractivity (Wildman–Crippen MR) is 227 cm³/mol. The summed E-state index contributed by atoms with van der Waals surface area (Å²) in [6.07, 6.45) is 1.93. The summed E-state index contributed by atoms with van der Waals surface area (Å²) in [5.41, 5.74) is 19.5. The van der Waals surface area contributed by atoms with Crippen LogP contribution in [0.25, 0.3) is 21.6 Å². The number of aromatic nitrogens is 4. The van der Waals surface area contributed by atoms with Gasteiger partial charge in [-0.15, -0.1) is 0 Å². The second-order valence-electron chi connectivity index (χ2n) is 14.0. The number of nitrogen functional groups attached to an aromatic ring is 1. The molecule has 2 atom stereocenters.